The van der Waals surface area contributed by atoms with Gasteiger partial charge in [0.2, 0.25) is 5.91 Å². The summed E-state index contributed by atoms with van der Waals surface area (Å²) in [6.07, 6.45) is 3.10. The van der Waals surface area contributed by atoms with Crippen LogP contribution >= 0.6 is 0 Å². The maximum atomic E-state index is 14.8. The lowest BCUT2D eigenvalue weighted by Gasteiger charge is -2.19. The van der Waals surface area contributed by atoms with Crippen molar-refractivity contribution >= 4 is 23.0 Å². The van der Waals surface area contributed by atoms with Crippen LogP contribution in [0.4, 0.5) is 14.6 Å². The quantitative estimate of drug-likeness (QED) is 0.505. The Morgan fingerprint density at radius 2 is 1.94 bits per heavy atom. The van der Waals surface area contributed by atoms with E-state index in [-0.39, 0.29) is 24.0 Å². The Bertz CT molecular complexity index is 1440. The number of nitrogens with zero attached hydrogens (tertiary/aromatic N) is 3. The first-order valence-corrected chi connectivity index (χ1v) is 11.3. The standard InChI is InChI=1S/C26H23F2N5O3/c1-15-11-30-24(31-14-26(27,28)16-6-5-7-17(10-16)36-2)25(35)33(15)13-21(34)32-23-20-12-29-22(23)19-9-4-3-8-18(19)20/h3-12,23H,13-14H2,1-2H3,(H,30,31)(H,32,34). The number of alkyl halides is 2. The van der Waals surface area contributed by atoms with Gasteiger partial charge in [-0.2, -0.15) is 8.78 Å². The van der Waals surface area contributed by atoms with Gasteiger partial charge in [0.1, 0.15) is 12.3 Å². The van der Waals surface area contributed by atoms with E-state index >= 15 is 0 Å². The van der Waals surface area contributed by atoms with Crippen molar-refractivity contribution in [3.05, 3.63) is 93.7 Å². The van der Waals surface area contributed by atoms with Crippen LogP contribution in [-0.2, 0) is 17.3 Å². The summed E-state index contributed by atoms with van der Waals surface area (Å²) in [4.78, 5) is 34.3. The molecular weight excluding hydrogens is 468 g/mol. The van der Waals surface area contributed by atoms with E-state index < -0.39 is 23.9 Å². The smallest absolute Gasteiger partial charge is 0.293 e. The van der Waals surface area contributed by atoms with E-state index in [0.717, 1.165) is 22.4 Å². The van der Waals surface area contributed by atoms with Crippen LogP contribution in [0.5, 0.6) is 5.75 Å². The molecule has 5 rings (SSSR count). The monoisotopic (exact) mass is 491 g/mol. The second-order valence-electron chi connectivity index (χ2n) is 8.57. The summed E-state index contributed by atoms with van der Waals surface area (Å²) < 4.78 is 35.7. The number of nitrogens with one attached hydrogen (secondary N) is 2. The van der Waals surface area contributed by atoms with Gasteiger partial charge in [0, 0.05) is 34.8 Å². The number of aromatic nitrogens is 2. The fraction of sp³-hybridized carbons (Fsp3) is 0.231. The van der Waals surface area contributed by atoms with E-state index in [1.165, 1.54) is 36.1 Å². The van der Waals surface area contributed by atoms with Gasteiger partial charge in [0.25, 0.3) is 11.5 Å². The number of fused-ring (bicyclic) bond motifs is 5. The van der Waals surface area contributed by atoms with Crippen molar-refractivity contribution < 1.29 is 18.3 Å². The summed E-state index contributed by atoms with van der Waals surface area (Å²) in [5, 5.41) is 5.37. The van der Waals surface area contributed by atoms with Crippen LogP contribution in [0.2, 0.25) is 0 Å². The van der Waals surface area contributed by atoms with Gasteiger partial charge in [-0.15, -0.1) is 0 Å². The number of ether oxygens (including phenoxy) is 1. The fourth-order valence-electron chi connectivity index (χ4n) is 4.38. The molecule has 1 atom stereocenters. The summed E-state index contributed by atoms with van der Waals surface area (Å²) in [7, 11) is 1.39. The fourth-order valence-corrected chi connectivity index (χ4v) is 4.38. The summed E-state index contributed by atoms with van der Waals surface area (Å²) in [5.74, 6) is -3.66. The number of rotatable bonds is 8. The molecule has 1 aliphatic carbocycles. The Balaban J connectivity index is 1.29. The van der Waals surface area contributed by atoms with Crippen LogP contribution in [0.25, 0.3) is 5.57 Å². The number of halogens is 2. The maximum absolute atomic E-state index is 14.8. The van der Waals surface area contributed by atoms with Crippen molar-refractivity contribution in [2.45, 2.75) is 25.4 Å². The number of anilines is 1. The second-order valence-corrected chi connectivity index (χ2v) is 8.57. The molecule has 8 nitrogen and oxygen atoms in total. The molecule has 0 saturated carbocycles. The third-order valence-electron chi connectivity index (χ3n) is 6.27. The summed E-state index contributed by atoms with van der Waals surface area (Å²) in [6, 6.07) is 12.9. The van der Waals surface area contributed by atoms with Crippen LogP contribution in [0, 0.1) is 6.92 Å². The Labute approximate surface area is 205 Å². The number of carbonyl (C=O) groups is 1. The molecule has 2 N–H and O–H groups in total. The van der Waals surface area contributed by atoms with Crippen molar-refractivity contribution in [1.29, 1.82) is 0 Å². The van der Waals surface area contributed by atoms with E-state index in [1.54, 1.807) is 19.2 Å². The van der Waals surface area contributed by atoms with Gasteiger partial charge in [0.15, 0.2) is 5.82 Å². The van der Waals surface area contributed by atoms with Crippen LogP contribution < -0.4 is 20.9 Å². The normalized spacial score (nSPS) is 15.7. The molecule has 1 aliphatic heterocycles. The van der Waals surface area contributed by atoms with Crippen molar-refractivity contribution in [1.82, 2.24) is 14.9 Å². The molecule has 10 heteroatoms. The van der Waals surface area contributed by atoms with Gasteiger partial charge in [-0.1, -0.05) is 36.4 Å². The van der Waals surface area contributed by atoms with Gasteiger partial charge in [-0.3, -0.25) is 19.1 Å². The van der Waals surface area contributed by atoms with Crippen LogP contribution in [-0.4, -0.2) is 40.9 Å². The van der Waals surface area contributed by atoms with Crippen LogP contribution in [0.15, 0.2) is 70.7 Å². The molecule has 36 heavy (non-hydrogen) atoms. The highest BCUT2D eigenvalue weighted by molar-refractivity contribution is 6.23. The molecule has 2 heterocycles. The molecule has 184 valence electrons. The molecule has 0 saturated heterocycles. The summed E-state index contributed by atoms with van der Waals surface area (Å²) in [6.45, 7) is 0.478. The van der Waals surface area contributed by atoms with Gasteiger partial charge in [-0.25, -0.2) is 4.98 Å². The number of methoxy groups -OCH3 is 1. The number of carbonyl (C=O) groups excluding carboxylic acids is 1. The molecule has 0 radical (unpaired) electrons. The summed E-state index contributed by atoms with van der Waals surface area (Å²) in [5.41, 5.74) is 3.15. The minimum absolute atomic E-state index is 0.259. The van der Waals surface area contributed by atoms with Crippen molar-refractivity contribution in [2.75, 3.05) is 19.0 Å². The van der Waals surface area contributed by atoms with Gasteiger partial charge >= 0.3 is 0 Å². The Kier molecular flexibility index (Phi) is 5.87. The molecule has 2 aliphatic rings. The van der Waals surface area contributed by atoms with Gasteiger partial charge in [0.05, 0.1) is 25.4 Å². The molecule has 1 unspecified atom stereocenters. The van der Waals surface area contributed by atoms with Crippen molar-refractivity contribution in [3.8, 4) is 5.75 Å². The molecule has 2 aromatic carbocycles. The average Bonchev–Trinajstić information content (AvgIpc) is 3.41. The number of benzene rings is 2. The zero-order valence-electron chi connectivity index (χ0n) is 19.6. The Morgan fingerprint density at radius 3 is 2.69 bits per heavy atom. The zero-order chi connectivity index (χ0) is 25.4. The molecule has 0 fully saturated rings. The molecule has 1 aromatic heterocycles. The van der Waals surface area contributed by atoms with Gasteiger partial charge < -0.3 is 15.4 Å². The lowest BCUT2D eigenvalue weighted by Crippen LogP contribution is -2.41. The van der Waals surface area contributed by atoms with E-state index in [2.05, 4.69) is 20.6 Å². The lowest BCUT2D eigenvalue weighted by atomic mass is 10.1. The first kappa shape index (κ1) is 23.4. The Morgan fingerprint density at radius 1 is 1.17 bits per heavy atom. The van der Waals surface area contributed by atoms with Crippen molar-refractivity contribution in [3.63, 3.8) is 0 Å². The number of amides is 1. The maximum Gasteiger partial charge on any atom is 0.293 e. The number of aryl methyl sites for hydroxylation is 1. The summed E-state index contributed by atoms with van der Waals surface area (Å²) >= 11 is 0. The highest BCUT2D eigenvalue weighted by Gasteiger charge is 2.37. The van der Waals surface area contributed by atoms with Crippen LogP contribution in [0.3, 0.4) is 0 Å². The van der Waals surface area contributed by atoms with Crippen LogP contribution in [0.1, 0.15) is 22.4 Å². The highest BCUT2D eigenvalue weighted by atomic mass is 19.3. The second kappa shape index (κ2) is 9.03. The predicted octanol–water partition coefficient (Wildman–Crippen LogP) is 3.11. The SMILES string of the molecule is COc1cccc(C(F)(F)CNc2ncc(C)n(CC(=O)NC3C4=CN=C3c3ccccc34)c2=O)c1. The zero-order valence-corrected chi connectivity index (χ0v) is 19.6. The third-order valence-corrected chi connectivity index (χ3v) is 6.27. The minimum atomic E-state index is -3.29. The first-order chi connectivity index (χ1) is 17.3. The number of aliphatic imine (C=N–C) groups is 1. The van der Waals surface area contributed by atoms with Crippen molar-refractivity contribution in [2.24, 2.45) is 4.99 Å². The first-order valence-electron chi connectivity index (χ1n) is 11.3. The van der Waals surface area contributed by atoms with Gasteiger partial charge in [-0.05, 0) is 24.6 Å². The molecule has 2 bridgehead atoms. The number of hydrogen-bond acceptors (Lipinski definition) is 6. The van der Waals surface area contributed by atoms with E-state index in [4.69, 9.17) is 4.74 Å². The lowest BCUT2D eigenvalue weighted by molar-refractivity contribution is -0.121. The van der Waals surface area contributed by atoms with E-state index in [0.29, 0.717) is 11.4 Å². The molecule has 3 aromatic rings. The topological polar surface area (TPSA) is 97.6 Å². The average molecular weight is 491 g/mol. The largest absolute Gasteiger partial charge is 0.497 e. The molecular formula is C26H23F2N5O3. The molecule has 1 amide bonds. The third kappa shape index (κ3) is 4.15. The predicted molar refractivity (Wildman–Crippen MR) is 131 cm³/mol. The number of hydrogen-bond donors (Lipinski definition) is 2. The minimum Gasteiger partial charge on any atom is -0.497 e. The van der Waals surface area contributed by atoms with E-state index in [1.807, 2.05) is 24.3 Å². The van der Waals surface area contributed by atoms with E-state index in [9.17, 15) is 18.4 Å². The molecule has 0 spiro atoms. The highest BCUT2D eigenvalue weighted by Crippen LogP contribution is 2.37. The Hall–Kier alpha value is -4.34.